The second-order valence-electron chi connectivity index (χ2n) is 4.61. The van der Waals surface area contributed by atoms with Crippen LogP contribution in [0.25, 0.3) is 0 Å². The maximum atomic E-state index is 11.7. The average Bonchev–Trinajstić information content (AvgIpc) is 2.47. The zero-order valence-electron chi connectivity index (χ0n) is 11.2. The fraction of sp³-hybridized carbons (Fsp3) is 0.500. The lowest BCUT2D eigenvalue weighted by Crippen LogP contribution is -2.49. The third-order valence-electron chi connectivity index (χ3n) is 3.31. The van der Waals surface area contributed by atoms with Crippen molar-refractivity contribution in [1.82, 2.24) is 4.90 Å². The smallest absolute Gasteiger partial charge is 0.248 e. The van der Waals surface area contributed by atoms with Gasteiger partial charge in [-0.15, -0.1) is 0 Å². The fourth-order valence-electron chi connectivity index (χ4n) is 2.10. The molecule has 1 saturated heterocycles. The molecular weight excluding hydrogens is 244 g/mol. The Kier molecular flexibility index (Phi) is 4.76. The maximum absolute atomic E-state index is 11.7. The highest BCUT2D eigenvalue weighted by atomic mass is 16.5. The summed E-state index contributed by atoms with van der Waals surface area (Å²) in [5.74, 6) is 0.882. The normalized spacial score (nSPS) is 19.6. The molecule has 1 heterocycles. The minimum atomic E-state index is -0.0337. The highest BCUT2D eigenvalue weighted by Gasteiger charge is 2.24. The number of hydrogen-bond donors (Lipinski definition) is 1. The summed E-state index contributed by atoms with van der Waals surface area (Å²) in [7, 11) is 1.65. The summed E-state index contributed by atoms with van der Waals surface area (Å²) in [5.41, 5.74) is 6.76. The summed E-state index contributed by atoms with van der Waals surface area (Å²) in [4.78, 5) is 13.5. The number of rotatable bonds is 5. The SMILES string of the molecule is COc1ccc(CCN2C[C@@H](CN)OCC2=O)cc1. The van der Waals surface area contributed by atoms with Gasteiger partial charge in [0, 0.05) is 19.6 Å². The molecule has 2 rings (SSSR count). The minimum Gasteiger partial charge on any atom is -0.497 e. The van der Waals surface area contributed by atoms with E-state index in [4.69, 9.17) is 15.2 Å². The fourth-order valence-corrected chi connectivity index (χ4v) is 2.10. The second kappa shape index (κ2) is 6.54. The van der Waals surface area contributed by atoms with Gasteiger partial charge in [-0.05, 0) is 24.1 Å². The molecule has 1 aromatic rings. The molecule has 0 bridgehead atoms. The molecule has 1 aromatic carbocycles. The lowest BCUT2D eigenvalue weighted by molar-refractivity contribution is -0.148. The summed E-state index contributed by atoms with van der Waals surface area (Å²) < 4.78 is 10.4. The first kappa shape index (κ1) is 13.8. The third kappa shape index (κ3) is 3.68. The average molecular weight is 264 g/mol. The highest BCUT2D eigenvalue weighted by Crippen LogP contribution is 2.13. The molecule has 0 unspecified atom stereocenters. The Morgan fingerprint density at radius 3 is 2.79 bits per heavy atom. The van der Waals surface area contributed by atoms with E-state index in [2.05, 4.69) is 0 Å². The Bertz CT molecular complexity index is 419. The van der Waals surface area contributed by atoms with Gasteiger partial charge in [0.2, 0.25) is 5.91 Å². The lowest BCUT2D eigenvalue weighted by Gasteiger charge is -2.32. The van der Waals surface area contributed by atoms with E-state index in [0.717, 1.165) is 12.2 Å². The first-order valence-corrected chi connectivity index (χ1v) is 6.45. The lowest BCUT2D eigenvalue weighted by atomic mass is 10.1. The van der Waals surface area contributed by atoms with Crippen molar-refractivity contribution in [3.05, 3.63) is 29.8 Å². The maximum Gasteiger partial charge on any atom is 0.248 e. The van der Waals surface area contributed by atoms with Crippen LogP contribution < -0.4 is 10.5 Å². The first-order chi connectivity index (χ1) is 9.22. The molecule has 0 radical (unpaired) electrons. The molecule has 5 nitrogen and oxygen atoms in total. The molecule has 1 atom stereocenters. The number of ether oxygens (including phenoxy) is 2. The van der Waals surface area contributed by atoms with Gasteiger partial charge in [0.05, 0.1) is 13.2 Å². The number of methoxy groups -OCH3 is 1. The van der Waals surface area contributed by atoms with Gasteiger partial charge in [-0.25, -0.2) is 0 Å². The van der Waals surface area contributed by atoms with Gasteiger partial charge in [-0.2, -0.15) is 0 Å². The molecule has 2 N–H and O–H groups in total. The van der Waals surface area contributed by atoms with Crippen LogP contribution in [0.2, 0.25) is 0 Å². The molecule has 1 aliphatic rings. The van der Waals surface area contributed by atoms with Crippen molar-refractivity contribution in [3.63, 3.8) is 0 Å². The van der Waals surface area contributed by atoms with Crippen LogP contribution in [-0.2, 0) is 16.0 Å². The highest BCUT2D eigenvalue weighted by molar-refractivity contribution is 5.78. The largest absolute Gasteiger partial charge is 0.497 e. The summed E-state index contributed by atoms with van der Waals surface area (Å²) in [5, 5.41) is 0. The zero-order valence-corrected chi connectivity index (χ0v) is 11.2. The predicted octanol–water partition coefficient (Wildman–Crippen LogP) is 0.424. The monoisotopic (exact) mass is 264 g/mol. The zero-order chi connectivity index (χ0) is 13.7. The number of morpholine rings is 1. The van der Waals surface area contributed by atoms with Gasteiger partial charge < -0.3 is 20.1 Å². The topological polar surface area (TPSA) is 64.8 Å². The van der Waals surface area contributed by atoms with Crippen LogP contribution in [0.15, 0.2) is 24.3 Å². The van der Waals surface area contributed by atoms with E-state index in [1.807, 2.05) is 29.2 Å². The number of hydrogen-bond acceptors (Lipinski definition) is 4. The van der Waals surface area contributed by atoms with Gasteiger partial charge in [0.1, 0.15) is 12.4 Å². The number of nitrogens with two attached hydrogens (primary N) is 1. The quantitative estimate of drug-likeness (QED) is 0.837. The van der Waals surface area contributed by atoms with Crippen LogP contribution >= 0.6 is 0 Å². The summed E-state index contributed by atoms with van der Waals surface area (Å²) >= 11 is 0. The van der Waals surface area contributed by atoms with Gasteiger partial charge >= 0.3 is 0 Å². The van der Waals surface area contributed by atoms with Crippen LogP contribution in [0.1, 0.15) is 5.56 Å². The number of amides is 1. The first-order valence-electron chi connectivity index (χ1n) is 6.45. The Morgan fingerprint density at radius 2 is 2.16 bits per heavy atom. The molecule has 19 heavy (non-hydrogen) atoms. The van der Waals surface area contributed by atoms with Crippen molar-refractivity contribution in [2.24, 2.45) is 5.73 Å². The Labute approximate surface area is 113 Å². The molecule has 1 aliphatic heterocycles. The van der Waals surface area contributed by atoms with E-state index in [0.29, 0.717) is 19.6 Å². The molecule has 0 saturated carbocycles. The predicted molar refractivity (Wildman–Crippen MR) is 72.1 cm³/mol. The molecule has 1 amide bonds. The van der Waals surface area contributed by atoms with Gasteiger partial charge in [0.25, 0.3) is 0 Å². The van der Waals surface area contributed by atoms with Crippen molar-refractivity contribution < 1.29 is 14.3 Å². The van der Waals surface area contributed by atoms with Crippen molar-refractivity contribution >= 4 is 5.91 Å². The third-order valence-corrected chi connectivity index (χ3v) is 3.31. The van der Waals surface area contributed by atoms with Crippen LogP contribution in [0.3, 0.4) is 0 Å². The summed E-state index contributed by atoms with van der Waals surface area (Å²) in [6.45, 7) is 1.88. The number of nitrogens with zero attached hydrogens (tertiary/aromatic N) is 1. The Balaban J connectivity index is 1.87. The van der Waals surface area contributed by atoms with E-state index in [1.165, 1.54) is 5.56 Å². The van der Waals surface area contributed by atoms with Crippen LogP contribution in [0.5, 0.6) is 5.75 Å². The molecular formula is C14H20N2O3. The standard InChI is InChI=1S/C14H20N2O3/c1-18-12-4-2-11(3-5-12)6-7-16-9-13(8-15)19-10-14(16)17/h2-5,13H,6-10,15H2,1H3/t13-/m1/s1. The van der Waals surface area contributed by atoms with Crippen LogP contribution in [0, 0.1) is 0 Å². The van der Waals surface area contributed by atoms with Crippen molar-refractivity contribution in [2.75, 3.05) is 33.4 Å². The van der Waals surface area contributed by atoms with E-state index in [-0.39, 0.29) is 18.6 Å². The van der Waals surface area contributed by atoms with Gasteiger partial charge in [0.15, 0.2) is 0 Å². The molecule has 0 aromatic heterocycles. The Hall–Kier alpha value is -1.59. The minimum absolute atomic E-state index is 0.0337. The molecule has 104 valence electrons. The molecule has 0 aliphatic carbocycles. The van der Waals surface area contributed by atoms with Gasteiger partial charge in [-0.1, -0.05) is 12.1 Å². The van der Waals surface area contributed by atoms with Gasteiger partial charge in [-0.3, -0.25) is 4.79 Å². The second-order valence-corrected chi connectivity index (χ2v) is 4.61. The molecule has 0 spiro atoms. The van der Waals surface area contributed by atoms with Crippen LogP contribution in [0.4, 0.5) is 0 Å². The summed E-state index contributed by atoms with van der Waals surface area (Å²) in [6, 6.07) is 7.90. The number of carbonyl (C=O) groups is 1. The van der Waals surface area contributed by atoms with E-state index < -0.39 is 0 Å². The van der Waals surface area contributed by atoms with Crippen LogP contribution in [-0.4, -0.2) is 50.3 Å². The molecule has 5 heteroatoms. The van der Waals surface area contributed by atoms with E-state index in [1.54, 1.807) is 7.11 Å². The van der Waals surface area contributed by atoms with Crippen molar-refractivity contribution in [1.29, 1.82) is 0 Å². The Morgan fingerprint density at radius 1 is 1.42 bits per heavy atom. The van der Waals surface area contributed by atoms with Crippen molar-refractivity contribution in [2.45, 2.75) is 12.5 Å². The summed E-state index contributed by atoms with van der Waals surface area (Å²) in [6.07, 6.45) is 0.793. The number of carbonyl (C=O) groups excluding carboxylic acids is 1. The molecule has 1 fully saturated rings. The van der Waals surface area contributed by atoms with Crippen molar-refractivity contribution in [3.8, 4) is 5.75 Å². The number of benzene rings is 1. The van der Waals surface area contributed by atoms with E-state index in [9.17, 15) is 4.79 Å². The van der Waals surface area contributed by atoms with E-state index >= 15 is 0 Å².